The van der Waals surface area contributed by atoms with Crippen LogP contribution in [0.15, 0.2) is 42.9 Å². The fraction of sp³-hybridized carbons (Fsp3) is 0.381. The molecule has 1 unspecified atom stereocenters. The SMILES string of the molecule is CN1CC(=O)N(c2cccc(F)c2)CC12CCN(C(=O)c1cnccn1)C2.O=C(O)C(F)(F)F. The number of aromatic nitrogens is 2. The fourth-order valence-electron chi connectivity index (χ4n) is 3.88. The second-order valence-electron chi connectivity index (χ2n) is 7.91. The lowest BCUT2D eigenvalue weighted by Gasteiger charge is -2.46. The first-order chi connectivity index (χ1) is 15.9. The van der Waals surface area contributed by atoms with Crippen LogP contribution in [0.3, 0.4) is 0 Å². The fourth-order valence-corrected chi connectivity index (χ4v) is 3.88. The number of hydrogen-bond donors (Lipinski definition) is 1. The summed E-state index contributed by atoms with van der Waals surface area (Å²) in [5, 5.41) is 7.12. The van der Waals surface area contributed by atoms with Gasteiger partial charge < -0.3 is 14.9 Å². The molecule has 0 bridgehead atoms. The van der Waals surface area contributed by atoms with Crippen molar-refractivity contribution in [1.29, 1.82) is 0 Å². The number of amides is 2. The van der Waals surface area contributed by atoms with Crippen molar-refractivity contribution in [3.05, 3.63) is 54.4 Å². The zero-order chi connectivity index (χ0) is 25.1. The van der Waals surface area contributed by atoms with Crippen LogP contribution in [-0.2, 0) is 9.59 Å². The molecule has 0 radical (unpaired) electrons. The number of alkyl halides is 3. The average Bonchev–Trinajstić information content (AvgIpc) is 3.21. The van der Waals surface area contributed by atoms with Gasteiger partial charge in [0, 0.05) is 37.7 Å². The molecule has 2 aliphatic rings. The Labute approximate surface area is 191 Å². The molecule has 13 heteroatoms. The molecule has 0 saturated carbocycles. The van der Waals surface area contributed by atoms with Gasteiger partial charge in [0.15, 0.2) is 0 Å². The Balaban J connectivity index is 0.000000406. The van der Waals surface area contributed by atoms with Crippen molar-refractivity contribution in [2.45, 2.75) is 18.1 Å². The van der Waals surface area contributed by atoms with Crippen LogP contribution in [0.25, 0.3) is 0 Å². The molecule has 1 aromatic carbocycles. The molecule has 2 aliphatic heterocycles. The largest absolute Gasteiger partial charge is 0.490 e. The van der Waals surface area contributed by atoms with Crippen molar-refractivity contribution in [3.63, 3.8) is 0 Å². The first kappa shape index (κ1) is 25.0. The van der Waals surface area contributed by atoms with Crippen LogP contribution >= 0.6 is 0 Å². The summed E-state index contributed by atoms with van der Waals surface area (Å²) in [4.78, 5) is 47.6. The summed E-state index contributed by atoms with van der Waals surface area (Å²) < 4.78 is 45.4. The van der Waals surface area contributed by atoms with Gasteiger partial charge in [-0.1, -0.05) is 6.07 Å². The number of likely N-dealkylation sites (tertiary alicyclic amines) is 1. The molecule has 1 aromatic heterocycles. The van der Waals surface area contributed by atoms with E-state index in [1.807, 2.05) is 11.9 Å². The number of halogens is 4. The number of carboxylic acid groups (broad SMARTS) is 1. The van der Waals surface area contributed by atoms with E-state index in [0.29, 0.717) is 31.0 Å². The molecule has 2 aromatic rings. The molecule has 2 amide bonds. The van der Waals surface area contributed by atoms with Gasteiger partial charge in [-0.2, -0.15) is 13.2 Å². The quantitative estimate of drug-likeness (QED) is 0.650. The van der Waals surface area contributed by atoms with E-state index >= 15 is 0 Å². The van der Waals surface area contributed by atoms with Crippen molar-refractivity contribution in [3.8, 4) is 0 Å². The van der Waals surface area contributed by atoms with E-state index in [0.717, 1.165) is 6.42 Å². The molecule has 1 N–H and O–H groups in total. The van der Waals surface area contributed by atoms with Crippen LogP contribution in [0.4, 0.5) is 23.2 Å². The van der Waals surface area contributed by atoms with Gasteiger partial charge >= 0.3 is 12.1 Å². The maximum atomic E-state index is 13.6. The van der Waals surface area contributed by atoms with Crippen molar-refractivity contribution in [2.24, 2.45) is 0 Å². The zero-order valence-electron chi connectivity index (χ0n) is 18.0. The number of hydrogen-bond acceptors (Lipinski definition) is 6. The number of carboxylic acids is 1. The van der Waals surface area contributed by atoms with Gasteiger partial charge in [0.25, 0.3) is 5.91 Å². The van der Waals surface area contributed by atoms with Gasteiger partial charge in [0.2, 0.25) is 5.91 Å². The summed E-state index contributed by atoms with van der Waals surface area (Å²) in [6.45, 7) is 1.70. The zero-order valence-corrected chi connectivity index (χ0v) is 18.0. The van der Waals surface area contributed by atoms with Crippen LogP contribution in [-0.4, -0.2) is 87.6 Å². The maximum Gasteiger partial charge on any atom is 0.490 e. The van der Waals surface area contributed by atoms with E-state index < -0.39 is 12.1 Å². The smallest absolute Gasteiger partial charge is 0.475 e. The number of likely N-dealkylation sites (N-methyl/N-ethyl adjacent to an activating group) is 1. The lowest BCUT2D eigenvalue weighted by Crippen LogP contribution is -2.64. The van der Waals surface area contributed by atoms with Crippen LogP contribution < -0.4 is 4.90 Å². The van der Waals surface area contributed by atoms with Gasteiger partial charge in [-0.15, -0.1) is 0 Å². The van der Waals surface area contributed by atoms with Gasteiger partial charge in [-0.3, -0.25) is 19.5 Å². The Bertz CT molecular complexity index is 1070. The van der Waals surface area contributed by atoms with Crippen LogP contribution in [0.5, 0.6) is 0 Å². The number of aliphatic carboxylic acids is 1. The van der Waals surface area contributed by atoms with Crippen molar-refractivity contribution in [1.82, 2.24) is 19.8 Å². The molecule has 9 nitrogen and oxygen atoms in total. The summed E-state index contributed by atoms with van der Waals surface area (Å²) >= 11 is 0. The highest BCUT2D eigenvalue weighted by atomic mass is 19.4. The van der Waals surface area contributed by atoms with E-state index in [9.17, 15) is 27.2 Å². The van der Waals surface area contributed by atoms with Crippen LogP contribution in [0.2, 0.25) is 0 Å². The van der Waals surface area contributed by atoms with Gasteiger partial charge in [0.1, 0.15) is 11.5 Å². The highest BCUT2D eigenvalue weighted by molar-refractivity contribution is 5.96. The Morgan fingerprint density at radius 1 is 1.18 bits per heavy atom. The molecule has 2 fully saturated rings. The number of carbonyl (C=O) groups is 3. The number of benzene rings is 1. The van der Waals surface area contributed by atoms with E-state index in [1.165, 1.54) is 30.7 Å². The third kappa shape index (κ3) is 5.47. The summed E-state index contributed by atoms with van der Waals surface area (Å²) in [7, 11) is 1.90. The molecular weight excluding hydrogens is 462 g/mol. The first-order valence-electron chi connectivity index (χ1n) is 10.1. The van der Waals surface area contributed by atoms with E-state index in [1.54, 1.807) is 21.9 Å². The number of nitrogens with zero attached hydrogens (tertiary/aromatic N) is 5. The number of rotatable bonds is 2. The van der Waals surface area contributed by atoms with E-state index in [-0.39, 0.29) is 29.7 Å². The second kappa shape index (κ2) is 9.71. The monoisotopic (exact) mass is 483 g/mol. The van der Waals surface area contributed by atoms with Gasteiger partial charge in [0.05, 0.1) is 18.3 Å². The first-order valence-corrected chi connectivity index (χ1v) is 10.1. The lowest BCUT2D eigenvalue weighted by molar-refractivity contribution is -0.192. The number of carbonyl (C=O) groups excluding carboxylic acids is 2. The molecule has 4 rings (SSSR count). The maximum absolute atomic E-state index is 13.6. The normalized spacial score (nSPS) is 20.8. The minimum atomic E-state index is -5.08. The van der Waals surface area contributed by atoms with Crippen molar-refractivity contribution < 1.29 is 37.1 Å². The topological polar surface area (TPSA) is 107 Å². The standard InChI is InChI=1S/C19H20FN5O2.C2HF3O2/c1-23-11-17(26)25(15-4-2-3-14(20)9-15)13-19(23)5-8-24(12-19)18(27)16-10-21-6-7-22-16;3-2(4,5)1(6)7/h2-4,6-7,9-10H,5,8,11-13H2,1H3;(H,6,7). The molecule has 182 valence electrons. The van der Waals surface area contributed by atoms with Crippen LogP contribution in [0, 0.1) is 5.82 Å². The van der Waals surface area contributed by atoms with Gasteiger partial charge in [-0.25, -0.2) is 14.2 Å². The molecule has 3 heterocycles. The third-order valence-electron chi connectivity index (χ3n) is 5.70. The minimum Gasteiger partial charge on any atom is -0.475 e. The summed E-state index contributed by atoms with van der Waals surface area (Å²) in [6, 6.07) is 6.06. The Hall–Kier alpha value is -3.61. The summed E-state index contributed by atoms with van der Waals surface area (Å²) in [6.07, 6.45) is 0.130. The second-order valence-corrected chi connectivity index (χ2v) is 7.91. The average molecular weight is 483 g/mol. The molecule has 2 saturated heterocycles. The highest BCUT2D eigenvalue weighted by Gasteiger charge is 2.49. The predicted molar refractivity (Wildman–Crippen MR) is 110 cm³/mol. The molecule has 1 spiro atoms. The summed E-state index contributed by atoms with van der Waals surface area (Å²) in [5.74, 6) is -3.37. The lowest BCUT2D eigenvalue weighted by atomic mass is 9.92. The van der Waals surface area contributed by atoms with Crippen molar-refractivity contribution >= 4 is 23.5 Å². The molecule has 1 atom stereocenters. The molecular formula is C21H21F4N5O4. The summed E-state index contributed by atoms with van der Waals surface area (Å²) in [5.41, 5.74) is 0.496. The van der Waals surface area contributed by atoms with E-state index in [2.05, 4.69) is 9.97 Å². The molecule has 34 heavy (non-hydrogen) atoms. The minimum absolute atomic E-state index is 0.0765. The number of anilines is 1. The Morgan fingerprint density at radius 3 is 2.47 bits per heavy atom. The van der Waals surface area contributed by atoms with Crippen LogP contribution in [0.1, 0.15) is 16.9 Å². The Kier molecular flexibility index (Phi) is 7.15. The Morgan fingerprint density at radius 2 is 1.88 bits per heavy atom. The molecule has 0 aliphatic carbocycles. The van der Waals surface area contributed by atoms with Gasteiger partial charge in [-0.05, 0) is 31.7 Å². The number of piperazine rings is 1. The predicted octanol–water partition coefficient (Wildman–Crippen LogP) is 1.81. The highest BCUT2D eigenvalue weighted by Crippen LogP contribution is 2.34. The van der Waals surface area contributed by atoms with Crippen molar-refractivity contribution in [2.75, 3.05) is 38.1 Å². The van der Waals surface area contributed by atoms with E-state index in [4.69, 9.17) is 9.90 Å². The third-order valence-corrected chi connectivity index (χ3v) is 5.70.